The number of carbonyl (C=O) groups is 2. The third kappa shape index (κ3) is 4.76. The summed E-state index contributed by atoms with van der Waals surface area (Å²) in [5.74, 6) is -0.660. The van der Waals surface area contributed by atoms with E-state index in [1.165, 1.54) is 4.90 Å². The summed E-state index contributed by atoms with van der Waals surface area (Å²) in [7, 11) is 0. The molecule has 1 aromatic heterocycles. The number of carbonyl (C=O) groups excluding carboxylic acids is 2. The van der Waals surface area contributed by atoms with Crippen LogP contribution in [0.15, 0.2) is 66.5 Å². The molecule has 6 nitrogen and oxygen atoms in total. The van der Waals surface area contributed by atoms with Gasteiger partial charge >= 0.3 is 0 Å². The fourth-order valence-electron chi connectivity index (χ4n) is 4.67. The normalized spacial score (nSPS) is 17.2. The van der Waals surface area contributed by atoms with Crippen LogP contribution in [0.25, 0.3) is 5.76 Å². The summed E-state index contributed by atoms with van der Waals surface area (Å²) >= 11 is 0. The van der Waals surface area contributed by atoms with Gasteiger partial charge in [0.05, 0.1) is 18.2 Å². The zero-order valence-electron chi connectivity index (χ0n) is 21.4. The van der Waals surface area contributed by atoms with Gasteiger partial charge < -0.3 is 14.7 Å². The SMILES string of the molecule is CCOc1ccc(/C(O)=C2/C(=O)C(=O)N(Cc3cc(C)ccc3C)C2c2cccnc2)cc1C(C)C. The molecular formula is C30H32N2O4. The van der Waals surface area contributed by atoms with Gasteiger partial charge in [0.25, 0.3) is 11.7 Å². The molecule has 1 aliphatic rings. The second kappa shape index (κ2) is 10.4. The lowest BCUT2D eigenvalue weighted by atomic mass is 9.93. The van der Waals surface area contributed by atoms with Crippen LogP contribution in [0.2, 0.25) is 0 Å². The first-order chi connectivity index (χ1) is 17.2. The number of aliphatic hydroxyl groups is 1. The van der Waals surface area contributed by atoms with E-state index in [4.69, 9.17) is 4.74 Å². The van der Waals surface area contributed by atoms with Crippen LogP contribution in [0.1, 0.15) is 66.1 Å². The van der Waals surface area contributed by atoms with Crippen molar-refractivity contribution in [1.82, 2.24) is 9.88 Å². The zero-order chi connectivity index (χ0) is 26.0. The summed E-state index contributed by atoms with van der Waals surface area (Å²) in [4.78, 5) is 32.5. The number of rotatable bonds is 7. The molecule has 186 valence electrons. The fourth-order valence-corrected chi connectivity index (χ4v) is 4.67. The van der Waals surface area contributed by atoms with E-state index < -0.39 is 17.7 Å². The molecule has 1 unspecified atom stereocenters. The van der Waals surface area contributed by atoms with Gasteiger partial charge in [-0.15, -0.1) is 0 Å². The molecule has 2 heterocycles. The first-order valence-corrected chi connectivity index (χ1v) is 12.2. The minimum absolute atomic E-state index is 0.0668. The number of ether oxygens (including phenoxy) is 1. The second-order valence-electron chi connectivity index (χ2n) is 9.48. The molecule has 1 atom stereocenters. The average molecular weight is 485 g/mol. The molecule has 4 rings (SSSR count). The van der Waals surface area contributed by atoms with Gasteiger partial charge in [-0.1, -0.05) is 43.7 Å². The Morgan fingerprint density at radius 3 is 2.56 bits per heavy atom. The molecule has 0 bridgehead atoms. The van der Waals surface area contributed by atoms with Crippen LogP contribution in [-0.4, -0.2) is 33.3 Å². The second-order valence-corrected chi connectivity index (χ2v) is 9.48. The molecule has 1 amide bonds. The molecule has 3 aromatic rings. The van der Waals surface area contributed by atoms with Crippen LogP contribution in [-0.2, 0) is 16.1 Å². The number of likely N-dealkylation sites (tertiary alicyclic amines) is 1. The summed E-state index contributed by atoms with van der Waals surface area (Å²) < 4.78 is 5.76. The Balaban J connectivity index is 1.87. The van der Waals surface area contributed by atoms with Crippen LogP contribution in [0.5, 0.6) is 5.75 Å². The Labute approximate surface area is 212 Å². The van der Waals surface area contributed by atoms with Gasteiger partial charge in [0.1, 0.15) is 11.5 Å². The molecule has 1 saturated heterocycles. The lowest BCUT2D eigenvalue weighted by molar-refractivity contribution is -0.140. The molecule has 0 spiro atoms. The predicted molar refractivity (Wildman–Crippen MR) is 140 cm³/mol. The standard InChI is InChI=1S/C30H32N2O4/c1-6-36-25-12-11-21(15-24(25)18(2)3)28(33)26-27(22-8-7-13-31-16-22)32(30(35)29(26)34)17-23-14-19(4)9-10-20(23)5/h7-16,18,27,33H,6,17H2,1-5H3/b28-26-. The Morgan fingerprint density at radius 1 is 1.11 bits per heavy atom. The van der Waals surface area contributed by atoms with E-state index in [2.05, 4.69) is 4.98 Å². The molecule has 0 radical (unpaired) electrons. The van der Waals surface area contributed by atoms with Crippen LogP contribution < -0.4 is 4.74 Å². The number of hydrogen-bond donors (Lipinski definition) is 1. The lowest BCUT2D eigenvalue weighted by Gasteiger charge is -2.26. The van der Waals surface area contributed by atoms with E-state index in [9.17, 15) is 14.7 Å². The Bertz CT molecular complexity index is 1330. The van der Waals surface area contributed by atoms with Crippen molar-refractivity contribution in [3.05, 3.63) is 99.9 Å². The molecule has 36 heavy (non-hydrogen) atoms. The highest BCUT2D eigenvalue weighted by molar-refractivity contribution is 6.46. The summed E-state index contributed by atoms with van der Waals surface area (Å²) in [5.41, 5.74) is 5.18. The van der Waals surface area contributed by atoms with Crippen LogP contribution in [0, 0.1) is 13.8 Å². The monoisotopic (exact) mass is 484 g/mol. The number of hydrogen-bond acceptors (Lipinski definition) is 5. The van der Waals surface area contributed by atoms with Crippen molar-refractivity contribution in [2.75, 3.05) is 6.61 Å². The van der Waals surface area contributed by atoms with Crippen LogP contribution in [0.3, 0.4) is 0 Å². The first-order valence-electron chi connectivity index (χ1n) is 12.2. The third-order valence-corrected chi connectivity index (χ3v) is 6.59. The van der Waals surface area contributed by atoms with Crippen LogP contribution >= 0.6 is 0 Å². The number of amides is 1. The van der Waals surface area contributed by atoms with Crippen molar-refractivity contribution in [2.45, 2.75) is 53.1 Å². The number of benzene rings is 2. The maximum atomic E-state index is 13.4. The van der Waals surface area contributed by atoms with E-state index >= 15 is 0 Å². The van der Waals surface area contributed by atoms with Gasteiger partial charge in [0, 0.05) is 24.5 Å². The van der Waals surface area contributed by atoms with Crippen molar-refractivity contribution in [3.63, 3.8) is 0 Å². The topological polar surface area (TPSA) is 79.7 Å². The van der Waals surface area contributed by atoms with Gasteiger partial charge in [0.2, 0.25) is 0 Å². The average Bonchev–Trinajstić information content (AvgIpc) is 3.11. The van der Waals surface area contributed by atoms with Gasteiger partial charge in [-0.25, -0.2) is 0 Å². The van der Waals surface area contributed by atoms with Gasteiger partial charge in [-0.2, -0.15) is 0 Å². The Kier molecular flexibility index (Phi) is 7.25. The van der Waals surface area contributed by atoms with Crippen LogP contribution in [0.4, 0.5) is 0 Å². The number of aromatic nitrogens is 1. The largest absolute Gasteiger partial charge is 0.507 e. The lowest BCUT2D eigenvalue weighted by Crippen LogP contribution is -2.29. The highest BCUT2D eigenvalue weighted by Gasteiger charge is 2.46. The first kappa shape index (κ1) is 25.2. The Hall–Kier alpha value is -3.93. The van der Waals surface area contributed by atoms with E-state index in [-0.39, 0.29) is 23.8 Å². The molecule has 6 heteroatoms. The minimum Gasteiger partial charge on any atom is -0.507 e. The number of pyridine rings is 1. The molecule has 1 fully saturated rings. The number of aryl methyl sites for hydroxylation is 2. The van der Waals surface area contributed by atoms with Crippen molar-refractivity contribution >= 4 is 17.4 Å². The van der Waals surface area contributed by atoms with Crippen molar-refractivity contribution in [3.8, 4) is 5.75 Å². The third-order valence-electron chi connectivity index (χ3n) is 6.59. The highest BCUT2D eigenvalue weighted by atomic mass is 16.5. The Morgan fingerprint density at radius 2 is 1.89 bits per heavy atom. The van der Waals surface area contributed by atoms with Gasteiger partial charge in [0.15, 0.2) is 0 Å². The molecule has 1 aliphatic heterocycles. The van der Waals surface area contributed by atoms with E-state index in [1.807, 2.05) is 65.0 Å². The van der Waals surface area contributed by atoms with Crippen molar-refractivity contribution in [2.24, 2.45) is 0 Å². The molecule has 0 saturated carbocycles. The molecule has 2 aromatic carbocycles. The molecular weight excluding hydrogens is 452 g/mol. The fraction of sp³-hybridized carbons (Fsp3) is 0.300. The predicted octanol–water partition coefficient (Wildman–Crippen LogP) is 5.84. The number of ketones is 1. The van der Waals surface area contributed by atoms with E-state index in [1.54, 1.807) is 30.6 Å². The molecule has 0 aliphatic carbocycles. The smallest absolute Gasteiger partial charge is 0.295 e. The summed E-state index contributed by atoms with van der Waals surface area (Å²) in [6.07, 6.45) is 3.28. The van der Waals surface area contributed by atoms with Crippen molar-refractivity contribution < 1.29 is 19.4 Å². The minimum atomic E-state index is -0.757. The summed E-state index contributed by atoms with van der Waals surface area (Å²) in [5, 5.41) is 11.5. The maximum absolute atomic E-state index is 13.4. The van der Waals surface area contributed by atoms with Gasteiger partial charge in [-0.05, 0) is 73.2 Å². The maximum Gasteiger partial charge on any atom is 0.295 e. The molecule has 1 N–H and O–H groups in total. The zero-order valence-corrected chi connectivity index (χ0v) is 21.4. The summed E-state index contributed by atoms with van der Waals surface area (Å²) in [6.45, 7) is 10.8. The number of nitrogens with zero attached hydrogens (tertiary/aromatic N) is 2. The van der Waals surface area contributed by atoms with Crippen molar-refractivity contribution in [1.29, 1.82) is 0 Å². The quantitative estimate of drug-likeness (QED) is 0.259. The van der Waals surface area contributed by atoms with Gasteiger partial charge in [-0.3, -0.25) is 14.6 Å². The highest BCUT2D eigenvalue weighted by Crippen LogP contribution is 2.41. The summed E-state index contributed by atoms with van der Waals surface area (Å²) in [6, 6.07) is 14.2. The number of aliphatic hydroxyl groups excluding tert-OH is 1. The van der Waals surface area contributed by atoms with E-state index in [0.29, 0.717) is 17.7 Å². The van der Waals surface area contributed by atoms with E-state index in [0.717, 1.165) is 28.0 Å². The number of Topliss-reactive ketones (excluding diaryl/α,β-unsaturated/α-hetero) is 1.